The SMILES string of the molecule is CCC(C)(OC)C(O)Cc1csc2ccccc12. The van der Waals surface area contributed by atoms with Gasteiger partial charge in [-0.3, -0.25) is 0 Å². The Kier molecular flexibility index (Phi) is 4.05. The molecule has 1 aromatic carbocycles. The largest absolute Gasteiger partial charge is 0.390 e. The Bertz CT molecular complexity index is 514. The first-order valence-electron chi connectivity index (χ1n) is 6.29. The first-order chi connectivity index (χ1) is 8.60. The fourth-order valence-electron chi connectivity index (χ4n) is 2.13. The minimum Gasteiger partial charge on any atom is -0.390 e. The van der Waals surface area contributed by atoms with Gasteiger partial charge in [-0.15, -0.1) is 11.3 Å². The minimum absolute atomic E-state index is 0.469. The second-order valence-electron chi connectivity index (χ2n) is 4.85. The fourth-order valence-corrected chi connectivity index (χ4v) is 3.11. The third-order valence-electron chi connectivity index (χ3n) is 3.85. The number of fused-ring (bicyclic) bond motifs is 1. The molecule has 0 fully saturated rings. The van der Waals surface area contributed by atoms with Crippen LogP contribution in [0.15, 0.2) is 29.6 Å². The maximum atomic E-state index is 10.4. The van der Waals surface area contributed by atoms with E-state index in [1.807, 2.05) is 26.0 Å². The van der Waals surface area contributed by atoms with Crippen LogP contribution in [0.4, 0.5) is 0 Å². The van der Waals surface area contributed by atoms with E-state index in [2.05, 4.69) is 17.5 Å². The number of methoxy groups -OCH3 is 1. The summed E-state index contributed by atoms with van der Waals surface area (Å²) in [6.45, 7) is 4.00. The number of hydrogen-bond acceptors (Lipinski definition) is 3. The summed E-state index contributed by atoms with van der Waals surface area (Å²) in [6, 6.07) is 8.32. The molecule has 2 aromatic rings. The lowest BCUT2D eigenvalue weighted by atomic mass is 9.91. The van der Waals surface area contributed by atoms with Crippen LogP contribution in [0.3, 0.4) is 0 Å². The molecule has 18 heavy (non-hydrogen) atoms. The monoisotopic (exact) mass is 264 g/mol. The third-order valence-corrected chi connectivity index (χ3v) is 4.86. The zero-order chi connectivity index (χ0) is 13.2. The Labute approximate surface area is 112 Å². The number of thiophene rings is 1. The van der Waals surface area contributed by atoms with Crippen LogP contribution in [-0.2, 0) is 11.2 Å². The molecular formula is C15H20O2S. The first-order valence-corrected chi connectivity index (χ1v) is 7.17. The molecule has 0 saturated heterocycles. The fraction of sp³-hybridized carbons (Fsp3) is 0.467. The van der Waals surface area contributed by atoms with Gasteiger partial charge in [0.1, 0.15) is 0 Å². The molecule has 2 unspecified atom stereocenters. The predicted molar refractivity (Wildman–Crippen MR) is 77.2 cm³/mol. The van der Waals surface area contributed by atoms with Gasteiger partial charge in [-0.1, -0.05) is 25.1 Å². The van der Waals surface area contributed by atoms with E-state index in [0.717, 1.165) is 6.42 Å². The number of rotatable bonds is 5. The summed E-state index contributed by atoms with van der Waals surface area (Å²) in [5.74, 6) is 0. The van der Waals surface area contributed by atoms with E-state index in [-0.39, 0.29) is 0 Å². The summed E-state index contributed by atoms with van der Waals surface area (Å²) in [7, 11) is 1.67. The third kappa shape index (κ3) is 2.44. The van der Waals surface area contributed by atoms with Crippen molar-refractivity contribution in [2.45, 2.75) is 38.4 Å². The highest BCUT2D eigenvalue weighted by Crippen LogP contribution is 2.29. The van der Waals surface area contributed by atoms with E-state index in [0.29, 0.717) is 6.42 Å². The molecular weight excluding hydrogens is 244 g/mol. The molecule has 1 heterocycles. The summed E-state index contributed by atoms with van der Waals surface area (Å²) < 4.78 is 6.74. The number of benzene rings is 1. The van der Waals surface area contributed by atoms with Crippen LogP contribution in [0.5, 0.6) is 0 Å². The maximum Gasteiger partial charge on any atom is 0.0909 e. The van der Waals surface area contributed by atoms with Crippen molar-refractivity contribution in [1.29, 1.82) is 0 Å². The Balaban J connectivity index is 2.24. The Morgan fingerprint density at radius 3 is 2.78 bits per heavy atom. The topological polar surface area (TPSA) is 29.5 Å². The molecule has 0 amide bonds. The van der Waals surface area contributed by atoms with Gasteiger partial charge in [-0.2, -0.15) is 0 Å². The molecule has 2 nitrogen and oxygen atoms in total. The van der Waals surface area contributed by atoms with Crippen LogP contribution in [0.1, 0.15) is 25.8 Å². The van der Waals surface area contributed by atoms with Crippen LogP contribution in [-0.4, -0.2) is 23.9 Å². The molecule has 2 rings (SSSR count). The van der Waals surface area contributed by atoms with E-state index in [1.165, 1.54) is 15.6 Å². The molecule has 0 aliphatic heterocycles. The quantitative estimate of drug-likeness (QED) is 0.893. The average Bonchev–Trinajstić information content (AvgIpc) is 2.81. The van der Waals surface area contributed by atoms with Gasteiger partial charge in [0, 0.05) is 18.2 Å². The summed E-state index contributed by atoms with van der Waals surface area (Å²) in [4.78, 5) is 0. The predicted octanol–water partition coefficient (Wildman–Crippen LogP) is 3.62. The molecule has 98 valence electrons. The molecule has 1 N–H and O–H groups in total. The number of ether oxygens (including phenoxy) is 1. The van der Waals surface area contributed by atoms with Crippen LogP contribution in [0.25, 0.3) is 10.1 Å². The van der Waals surface area contributed by atoms with E-state index in [4.69, 9.17) is 4.74 Å². The van der Waals surface area contributed by atoms with Crippen molar-refractivity contribution in [1.82, 2.24) is 0 Å². The average molecular weight is 264 g/mol. The first kappa shape index (κ1) is 13.5. The summed E-state index contributed by atoms with van der Waals surface area (Å²) in [5, 5.41) is 13.8. The van der Waals surface area contributed by atoms with Crippen molar-refractivity contribution >= 4 is 21.4 Å². The minimum atomic E-state index is -0.481. The molecule has 1 aromatic heterocycles. The van der Waals surface area contributed by atoms with Gasteiger partial charge in [0.05, 0.1) is 11.7 Å². The van der Waals surface area contributed by atoms with Gasteiger partial charge < -0.3 is 9.84 Å². The van der Waals surface area contributed by atoms with Gasteiger partial charge in [-0.25, -0.2) is 0 Å². The number of aliphatic hydroxyl groups is 1. The lowest BCUT2D eigenvalue weighted by molar-refractivity contribution is -0.0913. The van der Waals surface area contributed by atoms with E-state index < -0.39 is 11.7 Å². The Morgan fingerprint density at radius 2 is 2.11 bits per heavy atom. The van der Waals surface area contributed by atoms with Gasteiger partial charge in [0.2, 0.25) is 0 Å². The second-order valence-corrected chi connectivity index (χ2v) is 5.76. The number of aliphatic hydroxyl groups excluding tert-OH is 1. The van der Waals surface area contributed by atoms with Gasteiger partial charge in [0.15, 0.2) is 0 Å². The smallest absolute Gasteiger partial charge is 0.0909 e. The lowest BCUT2D eigenvalue weighted by Gasteiger charge is -2.32. The lowest BCUT2D eigenvalue weighted by Crippen LogP contribution is -2.41. The van der Waals surface area contributed by atoms with E-state index >= 15 is 0 Å². The van der Waals surface area contributed by atoms with E-state index in [9.17, 15) is 5.11 Å². The molecule has 3 heteroatoms. The van der Waals surface area contributed by atoms with Gasteiger partial charge >= 0.3 is 0 Å². The summed E-state index contributed by atoms with van der Waals surface area (Å²) >= 11 is 1.73. The normalized spacial score (nSPS) is 16.7. The standard InChI is InChI=1S/C15H20O2S/c1-4-15(2,17-3)14(16)9-11-10-18-13-8-6-5-7-12(11)13/h5-8,10,14,16H,4,9H2,1-3H3. The van der Waals surface area contributed by atoms with Crippen molar-refractivity contribution in [2.24, 2.45) is 0 Å². The Morgan fingerprint density at radius 1 is 1.39 bits per heavy atom. The van der Waals surface area contributed by atoms with Crippen LogP contribution in [0, 0.1) is 0 Å². The molecule has 0 radical (unpaired) electrons. The van der Waals surface area contributed by atoms with Crippen LogP contribution < -0.4 is 0 Å². The molecule has 0 saturated carbocycles. The Hall–Kier alpha value is -0.900. The van der Waals surface area contributed by atoms with Crippen molar-refractivity contribution in [3.63, 3.8) is 0 Å². The van der Waals surface area contributed by atoms with Gasteiger partial charge in [-0.05, 0) is 35.7 Å². The van der Waals surface area contributed by atoms with Gasteiger partial charge in [0.25, 0.3) is 0 Å². The zero-order valence-electron chi connectivity index (χ0n) is 11.1. The van der Waals surface area contributed by atoms with Crippen molar-refractivity contribution < 1.29 is 9.84 Å². The molecule has 0 bridgehead atoms. The molecule has 0 aliphatic carbocycles. The van der Waals surface area contributed by atoms with Crippen LogP contribution >= 0.6 is 11.3 Å². The highest BCUT2D eigenvalue weighted by Gasteiger charge is 2.31. The molecule has 0 aliphatic rings. The molecule has 2 atom stereocenters. The van der Waals surface area contributed by atoms with Crippen molar-refractivity contribution in [3.8, 4) is 0 Å². The second kappa shape index (κ2) is 5.39. The van der Waals surface area contributed by atoms with E-state index in [1.54, 1.807) is 18.4 Å². The summed E-state index contributed by atoms with van der Waals surface area (Å²) in [5.41, 5.74) is 0.739. The zero-order valence-corrected chi connectivity index (χ0v) is 12.0. The van der Waals surface area contributed by atoms with Crippen molar-refractivity contribution in [3.05, 3.63) is 35.2 Å². The van der Waals surface area contributed by atoms with Crippen molar-refractivity contribution in [2.75, 3.05) is 7.11 Å². The highest BCUT2D eigenvalue weighted by molar-refractivity contribution is 7.17. The summed E-state index contributed by atoms with van der Waals surface area (Å²) in [6.07, 6.45) is 0.958. The number of hydrogen-bond donors (Lipinski definition) is 1. The van der Waals surface area contributed by atoms with Crippen LogP contribution in [0.2, 0.25) is 0 Å². The maximum absolute atomic E-state index is 10.4. The molecule has 0 spiro atoms. The highest BCUT2D eigenvalue weighted by atomic mass is 32.1.